The van der Waals surface area contributed by atoms with Crippen LogP contribution in [0.1, 0.15) is 29.6 Å². The quantitative estimate of drug-likeness (QED) is 0.784. The van der Waals surface area contributed by atoms with E-state index in [0.717, 1.165) is 28.0 Å². The lowest BCUT2D eigenvalue weighted by atomic mass is 10.1. The largest absolute Gasteiger partial charge is 0.237 e. The second-order valence-electron chi connectivity index (χ2n) is 4.15. The van der Waals surface area contributed by atoms with Crippen LogP contribution < -0.4 is 0 Å². The van der Waals surface area contributed by atoms with Crippen molar-refractivity contribution in [3.05, 3.63) is 56.5 Å². The summed E-state index contributed by atoms with van der Waals surface area (Å²) in [7, 11) is 0. The van der Waals surface area contributed by atoms with Gasteiger partial charge in [0.15, 0.2) is 0 Å². The molecule has 1 aromatic heterocycles. The molecule has 0 saturated heterocycles. The third-order valence-electron chi connectivity index (χ3n) is 2.84. The number of halogens is 2. The summed E-state index contributed by atoms with van der Waals surface area (Å²) in [4.78, 5) is 8.88. The molecule has 0 radical (unpaired) electrons. The zero-order chi connectivity index (χ0) is 13.1. The Morgan fingerprint density at radius 1 is 1.17 bits per heavy atom. The minimum absolute atomic E-state index is 0.581. The monoisotopic (exact) mass is 324 g/mol. The van der Waals surface area contributed by atoms with Crippen LogP contribution in [0.25, 0.3) is 0 Å². The van der Waals surface area contributed by atoms with Gasteiger partial charge in [0.1, 0.15) is 11.0 Å². The smallest absolute Gasteiger partial charge is 0.136 e. The van der Waals surface area contributed by atoms with E-state index in [0.29, 0.717) is 11.6 Å². The lowest BCUT2D eigenvalue weighted by molar-refractivity contribution is 0.905. The Balaban J connectivity index is 2.27. The summed E-state index contributed by atoms with van der Waals surface area (Å²) in [6, 6.07) is 8.16. The Morgan fingerprint density at radius 3 is 2.39 bits per heavy atom. The molecule has 4 heteroatoms. The van der Waals surface area contributed by atoms with Gasteiger partial charge in [-0.2, -0.15) is 0 Å². The van der Waals surface area contributed by atoms with E-state index in [1.807, 2.05) is 19.1 Å². The standard InChI is InChI=1S/C14H14BrClN2/c1-3-12-9(2)17-13(18-14(12)16)8-10-4-6-11(15)7-5-10/h4-7H,3,8H2,1-2H3. The maximum Gasteiger partial charge on any atom is 0.136 e. The van der Waals surface area contributed by atoms with Crippen LogP contribution in [0.5, 0.6) is 0 Å². The van der Waals surface area contributed by atoms with Crippen molar-refractivity contribution in [1.82, 2.24) is 9.97 Å². The van der Waals surface area contributed by atoms with Crippen molar-refractivity contribution in [3.8, 4) is 0 Å². The third kappa shape index (κ3) is 3.09. The van der Waals surface area contributed by atoms with E-state index in [-0.39, 0.29) is 0 Å². The summed E-state index contributed by atoms with van der Waals surface area (Å²) in [6.45, 7) is 4.05. The molecule has 0 aliphatic heterocycles. The van der Waals surface area contributed by atoms with Crippen LogP contribution in [0.3, 0.4) is 0 Å². The van der Waals surface area contributed by atoms with Crippen molar-refractivity contribution in [3.63, 3.8) is 0 Å². The average Bonchev–Trinajstić information content (AvgIpc) is 2.32. The Labute approximate surface area is 121 Å². The summed E-state index contributed by atoms with van der Waals surface area (Å²) in [6.07, 6.45) is 1.57. The van der Waals surface area contributed by atoms with Crippen molar-refractivity contribution in [2.24, 2.45) is 0 Å². The van der Waals surface area contributed by atoms with Crippen molar-refractivity contribution in [1.29, 1.82) is 0 Å². The van der Waals surface area contributed by atoms with Gasteiger partial charge in [-0.15, -0.1) is 0 Å². The highest BCUT2D eigenvalue weighted by molar-refractivity contribution is 9.10. The minimum Gasteiger partial charge on any atom is -0.237 e. The number of aryl methyl sites for hydroxylation is 1. The molecule has 0 amide bonds. The van der Waals surface area contributed by atoms with Gasteiger partial charge in [-0.3, -0.25) is 0 Å². The van der Waals surface area contributed by atoms with Crippen LogP contribution in [0.4, 0.5) is 0 Å². The molecule has 0 aliphatic rings. The van der Waals surface area contributed by atoms with Gasteiger partial charge in [-0.05, 0) is 31.0 Å². The van der Waals surface area contributed by atoms with Crippen LogP contribution in [-0.2, 0) is 12.8 Å². The first-order valence-electron chi connectivity index (χ1n) is 5.86. The van der Waals surface area contributed by atoms with E-state index in [1.54, 1.807) is 0 Å². The highest BCUT2D eigenvalue weighted by Gasteiger charge is 2.08. The van der Waals surface area contributed by atoms with Gasteiger partial charge < -0.3 is 0 Å². The van der Waals surface area contributed by atoms with Crippen LogP contribution in [0, 0.1) is 6.92 Å². The first-order chi connectivity index (χ1) is 8.60. The molecule has 0 spiro atoms. The first kappa shape index (κ1) is 13.5. The van der Waals surface area contributed by atoms with Crippen LogP contribution in [0.15, 0.2) is 28.7 Å². The number of nitrogens with zero attached hydrogens (tertiary/aromatic N) is 2. The molecule has 1 heterocycles. The van der Waals surface area contributed by atoms with Crippen molar-refractivity contribution in [2.45, 2.75) is 26.7 Å². The topological polar surface area (TPSA) is 25.8 Å². The lowest BCUT2D eigenvalue weighted by Crippen LogP contribution is -2.03. The third-order valence-corrected chi connectivity index (χ3v) is 3.68. The second kappa shape index (κ2) is 5.81. The Bertz CT molecular complexity index is 529. The number of aromatic nitrogens is 2. The molecule has 0 bridgehead atoms. The fourth-order valence-electron chi connectivity index (χ4n) is 1.88. The van der Waals surface area contributed by atoms with E-state index < -0.39 is 0 Å². The molecule has 0 saturated carbocycles. The van der Waals surface area contributed by atoms with Crippen molar-refractivity contribution >= 4 is 27.5 Å². The maximum absolute atomic E-state index is 6.17. The molecule has 1 aromatic carbocycles. The zero-order valence-corrected chi connectivity index (χ0v) is 12.7. The highest BCUT2D eigenvalue weighted by atomic mass is 79.9. The first-order valence-corrected chi connectivity index (χ1v) is 7.03. The van der Waals surface area contributed by atoms with Gasteiger partial charge in [-0.25, -0.2) is 9.97 Å². The minimum atomic E-state index is 0.581. The molecule has 0 atom stereocenters. The maximum atomic E-state index is 6.17. The number of benzene rings is 1. The van der Waals surface area contributed by atoms with E-state index in [9.17, 15) is 0 Å². The highest BCUT2D eigenvalue weighted by Crippen LogP contribution is 2.19. The fraction of sp³-hybridized carbons (Fsp3) is 0.286. The van der Waals surface area contributed by atoms with Crippen molar-refractivity contribution < 1.29 is 0 Å². The average molecular weight is 326 g/mol. The molecular formula is C14H14BrClN2. The molecule has 94 valence electrons. The molecular weight excluding hydrogens is 312 g/mol. The Hall–Kier alpha value is -0.930. The second-order valence-corrected chi connectivity index (χ2v) is 5.43. The van der Waals surface area contributed by atoms with E-state index in [2.05, 4.69) is 45.0 Å². The summed E-state index contributed by atoms with van der Waals surface area (Å²) < 4.78 is 1.07. The number of hydrogen-bond acceptors (Lipinski definition) is 2. The summed E-state index contributed by atoms with van der Waals surface area (Å²) in [5.41, 5.74) is 3.19. The predicted octanol–water partition coefficient (Wildman–Crippen LogP) is 4.35. The van der Waals surface area contributed by atoms with Gasteiger partial charge in [0, 0.05) is 22.2 Å². The van der Waals surface area contributed by atoms with Gasteiger partial charge in [-0.1, -0.05) is 46.6 Å². The van der Waals surface area contributed by atoms with Crippen molar-refractivity contribution in [2.75, 3.05) is 0 Å². The molecule has 0 unspecified atom stereocenters. The SMILES string of the molecule is CCc1c(C)nc(Cc2ccc(Br)cc2)nc1Cl. The molecule has 18 heavy (non-hydrogen) atoms. The van der Waals surface area contributed by atoms with E-state index >= 15 is 0 Å². The van der Waals surface area contributed by atoms with Crippen LogP contribution >= 0.6 is 27.5 Å². The molecule has 0 fully saturated rings. The lowest BCUT2D eigenvalue weighted by Gasteiger charge is -2.07. The van der Waals surface area contributed by atoms with Gasteiger partial charge >= 0.3 is 0 Å². The Kier molecular flexibility index (Phi) is 4.36. The number of rotatable bonds is 3. The van der Waals surface area contributed by atoms with Gasteiger partial charge in [0.25, 0.3) is 0 Å². The van der Waals surface area contributed by atoms with Gasteiger partial charge in [0.05, 0.1) is 0 Å². The van der Waals surface area contributed by atoms with Gasteiger partial charge in [0.2, 0.25) is 0 Å². The molecule has 2 nitrogen and oxygen atoms in total. The molecule has 2 rings (SSSR count). The summed E-state index contributed by atoms with van der Waals surface area (Å²) >= 11 is 9.59. The Morgan fingerprint density at radius 2 is 1.83 bits per heavy atom. The normalized spacial score (nSPS) is 10.7. The van der Waals surface area contributed by atoms with E-state index in [1.165, 1.54) is 5.56 Å². The number of hydrogen-bond donors (Lipinski definition) is 0. The summed E-state index contributed by atoms with van der Waals surface area (Å²) in [5, 5.41) is 0.581. The predicted molar refractivity (Wildman–Crippen MR) is 78.1 cm³/mol. The van der Waals surface area contributed by atoms with Crippen LogP contribution in [0.2, 0.25) is 5.15 Å². The fourth-order valence-corrected chi connectivity index (χ4v) is 2.51. The summed E-state index contributed by atoms with van der Waals surface area (Å²) in [5.74, 6) is 0.775. The molecule has 0 N–H and O–H groups in total. The van der Waals surface area contributed by atoms with Crippen LogP contribution in [-0.4, -0.2) is 9.97 Å². The zero-order valence-electron chi connectivity index (χ0n) is 10.4. The van der Waals surface area contributed by atoms with E-state index in [4.69, 9.17) is 11.6 Å². The molecule has 2 aromatic rings. The molecule has 0 aliphatic carbocycles.